The molecule has 6 nitrogen and oxygen atoms in total. The number of fused-ring (bicyclic) bond motifs is 1. The summed E-state index contributed by atoms with van der Waals surface area (Å²) in [7, 11) is 0. The number of anilines is 1. The van der Waals surface area contributed by atoms with Gasteiger partial charge in [0.05, 0.1) is 18.3 Å². The molecule has 2 aromatic carbocycles. The largest absolute Gasteiger partial charge is 0.486 e. The molecule has 1 heterocycles. The van der Waals surface area contributed by atoms with E-state index in [1.165, 1.54) is 0 Å². The number of carbonyl (C=O) groups excluding carboxylic acids is 1. The Morgan fingerprint density at radius 2 is 1.88 bits per heavy atom. The van der Waals surface area contributed by atoms with Gasteiger partial charge in [-0.1, -0.05) is 36.4 Å². The first kappa shape index (κ1) is 16.1. The van der Waals surface area contributed by atoms with E-state index < -0.39 is 6.03 Å². The number of para-hydroxylation sites is 1. The van der Waals surface area contributed by atoms with Gasteiger partial charge in [0.1, 0.15) is 13.2 Å². The quantitative estimate of drug-likeness (QED) is 0.786. The van der Waals surface area contributed by atoms with Crippen LogP contribution in [0.2, 0.25) is 0 Å². The molecule has 0 spiro atoms. The Balaban J connectivity index is 1.62. The highest BCUT2D eigenvalue weighted by atomic mass is 16.6. The average molecular weight is 328 g/mol. The first-order valence-corrected chi connectivity index (χ1v) is 7.87. The predicted molar refractivity (Wildman–Crippen MR) is 90.6 cm³/mol. The summed E-state index contributed by atoms with van der Waals surface area (Å²) < 4.78 is 11.1. The fourth-order valence-electron chi connectivity index (χ4n) is 2.58. The minimum Gasteiger partial charge on any atom is -0.486 e. The van der Waals surface area contributed by atoms with E-state index in [-0.39, 0.29) is 12.6 Å². The van der Waals surface area contributed by atoms with Crippen molar-refractivity contribution in [3.63, 3.8) is 0 Å². The Morgan fingerprint density at radius 3 is 2.67 bits per heavy atom. The summed E-state index contributed by atoms with van der Waals surface area (Å²) in [6.45, 7) is 0.793. The highest BCUT2D eigenvalue weighted by Crippen LogP contribution is 2.37. The Kier molecular flexibility index (Phi) is 5.18. The summed E-state index contributed by atoms with van der Waals surface area (Å²) in [5.74, 6) is 1.14. The number of aliphatic hydroxyl groups excluding tert-OH is 1. The molecule has 0 unspecified atom stereocenters. The minimum atomic E-state index is -0.396. The van der Waals surface area contributed by atoms with Crippen molar-refractivity contribution in [3.8, 4) is 11.5 Å². The van der Waals surface area contributed by atoms with Gasteiger partial charge in [-0.05, 0) is 24.1 Å². The van der Waals surface area contributed by atoms with Crippen LogP contribution in [0.25, 0.3) is 0 Å². The van der Waals surface area contributed by atoms with E-state index in [9.17, 15) is 9.90 Å². The molecule has 2 aromatic rings. The molecule has 1 aliphatic heterocycles. The SMILES string of the molecule is O=C(Nc1cccc2c1OCCO2)N[C@@H](CO)Cc1ccccc1. The van der Waals surface area contributed by atoms with Crippen LogP contribution in [0.5, 0.6) is 11.5 Å². The number of aliphatic hydroxyl groups is 1. The van der Waals surface area contributed by atoms with Crippen molar-refractivity contribution in [1.82, 2.24) is 5.32 Å². The Bertz CT molecular complexity index is 691. The van der Waals surface area contributed by atoms with E-state index in [1.807, 2.05) is 30.3 Å². The molecule has 24 heavy (non-hydrogen) atoms. The lowest BCUT2D eigenvalue weighted by atomic mass is 10.1. The maximum absolute atomic E-state index is 12.2. The van der Waals surface area contributed by atoms with Crippen molar-refractivity contribution < 1.29 is 19.4 Å². The fraction of sp³-hybridized carbons (Fsp3) is 0.278. The van der Waals surface area contributed by atoms with Crippen molar-refractivity contribution in [3.05, 3.63) is 54.1 Å². The number of amides is 2. The van der Waals surface area contributed by atoms with Crippen LogP contribution in [-0.2, 0) is 6.42 Å². The third kappa shape index (κ3) is 3.97. The number of urea groups is 1. The monoisotopic (exact) mass is 328 g/mol. The Morgan fingerprint density at radius 1 is 1.08 bits per heavy atom. The summed E-state index contributed by atoms with van der Waals surface area (Å²) >= 11 is 0. The Labute approximate surface area is 140 Å². The van der Waals surface area contributed by atoms with Crippen LogP contribution in [0.3, 0.4) is 0 Å². The third-order valence-electron chi connectivity index (χ3n) is 3.69. The summed E-state index contributed by atoms with van der Waals surface area (Å²) in [5, 5.41) is 15.0. The van der Waals surface area contributed by atoms with Crippen molar-refractivity contribution in [2.24, 2.45) is 0 Å². The highest BCUT2D eigenvalue weighted by molar-refractivity contribution is 5.91. The molecule has 0 fully saturated rings. The van der Waals surface area contributed by atoms with Gasteiger partial charge in [-0.15, -0.1) is 0 Å². The molecule has 0 saturated carbocycles. The molecular formula is C18H20N2O4. The lowest BCUT2D eigenvalue weighted by Crippen LogP contribution is -2.41. The van der Waals surface area contributed by atoms with Crippen LogP contribution in [0.4, 0.5) is 10.5 Å². The maximum atomic E-state index is 12.2. The number of nitrogens with one attached hydrogen (secondary N) is 2. The number of rotatable bonds is 5. The second-order valence-corrected chi connectivity index (χ2v) is 5.50. The normalized spacial score (nSPS) is 13.9. The van der Waals surface area contributed by atoms with Gasteiger partial charge in [0.25, 0.3) is 0 Å². The van der Waals surface area contributed by atoms with Gasteiger partial charge in [0.15, 0.2) is 11.5 Å². The van der Waals surface area contributed by atoms with Gasteiger partial charge in [-0.25, -0.2) is 4.79 Å². The van der Waals surface area contributed by atoms with Crippen molar-refractivity contribution >= 4 is 11.7 Å². The number of hydrogen-bond donors (Lipinski definition) is 3. The molecule has 2 amide bonds. The molecule has 1 aliphatic rings. The van der Waals surface area contributed by atoms with Crippen LogP contribution in [-0.4, -0.2) is 37.0 Å². The molecule has 0 bridgehead atoms. The van der Waals surface area contributed by atoms with Crippen LogP contribution < -0.4 is 20.1 Å². The zero-order valence-corrected chi connectivity index (χ0v) is 13.2. The molecule has 1 atom stereocenters. The molecule has 0 aromatic heterocycles. The minimum absolute atomic E-state index is 0.144. The van der Waals surface area contributed by atoms with E-state index in [0.717, 1.165) is 5.56 Å². The molecule has 0 radical (unpaired) electrons. The van der Waals surface area contributed by atoms with Gasteiger partial charge in [0, 0.05) is 0 Å². The highest BCUT2D eigenvalue weighted by Gasteiger charge is 2.18. The smallest absolute Gasteiger partial charge is 0.319 e. The van der Waals surface area contributed by atoms with Crippen molar-refractivity contribution in [2.45, 2.75) is 12.5 Å². The standard InChI is InChI=1S/C18H20N2O4/c21-12-14(11-13-5-2-1-3-6-13)19-18(22)20-15-7-4-8-16-17(15)24-10-9-23-16/h1-8,14,21H,9-12H2,(H2,19,20,22)/t14-/m1/s1. The zero-order valence-electron chi connectivity index (χ0n) is 13.2. The van der Waals surface area contributed by atoms with E-state index in [2.05, 4.69) is 10.6 Å². The maximum Gasteiger partial charge on any atom is 0.319 e. The second kappa shape index (κ2) is 7.70. The van der Waals surface area contributed by atoms with Crippen LogP contribution >= 0.6 is 0 Å². The van der Waals surface area contributed by atoms with Crippen LogP contribution in [0.15, 0.2) is 48.5 Å². The summed E-state index contributed by atoms with van der Waals surface area (Å²) in [5.41, 5.74) is 1.59. The number of hydrogen-bond acceptors (Lipinski definition) is 4. The van der Waals surface area contributed by atoms with E-state index >= 15 is 0 Å². The molecule has 3 rings (SSSR count). The Hall–Kier alpha value is -2.73. The van der Waals surface area contributed by atoms with Gasteiger partial charge >= 0.3 is 6.03 Å². The lowest BCUT2D eigenvalue weighted by Gasteiger charge is -2.22. The van der Waals surface area contributed by atoms with Crippen LogP contribution in [0.1, 0.15) is 5.56 Å². The number of ether oxygens (including phenoxy) is 2. The molecule has 126 valence electrons. The summed E-state index contributed by atoms with van der Waals surface area (Å²) in [4.78, 5) is 12.2. The fourth-order valence-corrected chi connectivity index (χ4v) is 2.58. The van der Waals surface area contributed by atoms with Crippen molar-refractivity contribution in [1.29, 1.82) is 0 Å². The summed E-state index contributed by atoms with van der Waals surface area (Å²) in [6.07, 6.45) is 0.553. The zero-order chi connectivity index (χ0) is 16.8. The molecule has 0 saturated heterocycles. The first-order chi connectivity index (χ1) is 11.8. The number of carbonyl (C=O) groups is 1. The van der Waals surface area contributed by atoms with E-state index in [0.29, 0.717) is 36.8 Å². The van der Waals surface area contributed by atoms with Crippen molar-refractivity contribution in [2.75, 3.05) is 25.1 Å². The number of benzene rings is 2. The van der Waals surface area contributed by atoms with E-state index in [4.69, 9.17) is 9.47 Å². The lowest BCUT2D eigenvalue weighted by molar-refractivity contribution is 0.172. The molecule has 3 N–H and O–H groups in total. The predicted octanol–water partition coefficient (Wildman–Crippen LogP) is 2.18. The van der Waals surface area contributed by atoms with Crippen LogP contribution in [0, 0.1) is 0 Å². The molecular weight excluding hydrogens is 308 g/mol. The third-order valence-corrected chi connectivity index (χ3v) is 3.69. The summed E-state index contributed by atoms with van der Waals surface area (Å²) in [6, 6.07) is 14.3. The topological polar surface area (TPSA) is 79.8 Å². The van der Waals surface area contributed by atoms with Gasteiger partial charge in [-0.2, -0.15) is 0 Å². The van der Waals surface area contributed by atoms with Gasteiger partial charge in [-0.3, -0.25) is 0 Å². The van der Waals surface area contributed by atoms with Gasteiger partial charge in [0.2, 0.25) is 0 Å². The van der Waals surface area contributed by atoms with E-state index in [1.54, 1.807) is 18.2 Å². The second-order valence-electron chi connectivity index (χ2n) is 5.50. The first-order valence-electron chi connectivity index (χ1n) is 7.87. The van der Waals surface area contributed by atoms with Gasteiger partial charge < -0.3 is 25.2 Å². The average Bonchev–Trinajstić information content (AvgIpc) is 2.62. The molecule has 6 heteroatoms. The molecule has 0 aliphatic carbocycles.